The third-order valence-electron chi connectivity index (χ3n) is 3.48. The van der Waals surface area contributed by atoms with E-state index < -0.39 is 17.6 Å². The Morgan fingerprint density at radius 3 is 2.81 bits per heavy atom. The summed E-state index contributed by atoms with van der Waals surface area (Å²) in [7, 11) is 0. The summed E-state index contributed by atoms with van der Waals surface area (Å²) in [6.07, 6.45) is 0.239. The van der Waals surface area contributed by atoms with E-state index in [0.29, 0.717) is 5.16 Å². The Bertz CT molecular complexity index is 751. The molecule has 0 saturated carbocycles. The van der Waals surface area contributed by atoms with E-state index in [1.165, 1.54) is 11.8 Å². The molecule has 5 nitrogen and oxygen atoms in total. The van der Waals surface area contributed by atoms with Gasteiger partial charge in [-0.05, 0) is 24.6 Å². The Hall–Kier alpha value is -1.74. The van der Waals surface area contributed by atoms with Crippen molar-refractivity contribution in [1.82, 2.24) is 14.8 Å². The fraction of sp³-hybridized carbons (Fsp3) is 0.438. The number of aromatic nitrogens is 3. The number of carbonyl (C=O) groups is 1. The van der Waals surface area contributed by atoms with Crippen LogP contribution in [0.4, 0.5) is 18.9 Å². The number of nitrogens with one attached hydrogen (secondary N) is 1. The monoisotopic (exact) mass is 406 g/mol. The lowest BCUT2D eigenvalue weighted by Gasteiger charge is -2.11. The van der Waals surface area contributed by atoms with Gasteiger partial charge in [-0.15, -0.1) is 10.2 Å². The number of halogens is 4. The fourth-order valence-electron chi connectivity index (χ4n) is 2.16. The number of anilines is 1. The van der Waals surface area contributed by atoms with Gasteiger partial charge in [0.1, 0.15) is 6.33 Å². The van der Waals surface area contributed by atoms with Crippen LogP contribution in [0.15, 0.2) is 29.7 Å². The van der Waals surface area contributed by atoms with Gasteiger partial charge in [0.25, 0.3) is 0 Å². The van der Waals surface area contributed by atoms with Crippen LogP contribution in [0, 0.1) is 0 Å². The second-order valence-electron chi connectivity index (χ2n) is 5.54. The molecule has 2 aromatic rings. The summed E-state index contributed by atoms with van der Waals surface area (Å²) in [6.45, 7) is 2.86. The topological polar surface area (TPSA) is 59.8 Å². The highest BCUT2D eigenvalue weighted by atomic mass is 35.5. The largest absolute Gasteiger partial charge is 0.416 e. The van der Waals surface area contributed by atoms with Crippen LogP contribution in [0.3, 0.4) is 0 Å². The molecule has 1 N–H and O–H groups in total. The molecule has 0 aliphatic carbocycles. The summed E-state index contributed by atoms with van der Waals surface area (Å²) in [4.78, 5) is 12.1. The average molecular weight is 407 g/mol. The van der Waals surface area contributed by atoms with E-state index in [4.69, 9.17) is 11.6 Å². The molecule has 2 rings (SSSR count). The minimum Gasteiger partial charge on any atom is -0.324 e. The predicted octanol–water partition coefficient (Wildman–Crippen LogP) is 4.87. The molecule has 0 unspecified atom stereocenters. The molecule has 26 heavy (non-hydrogen) atoms. The first kappa shape index (κ1) is 20.6. The molecule has 0 atom stereocenters. The molecule has 1 amide bonds. The van der Waals surface area contributed by atoms with Crippen molar-refractivity contribution in [3.63, 3.8) is 0 Å². The van der Waals surface area contributed by atoms with Crippen molar-refractivity contribution in [1.29, 1.82) is 0 Å². The van der Waals surface area contributed by atoms with Crippen LogP contribution in [0.1, 0.15) is 31.7 Å². The molecule has 0 bridgehead atoms. The van der Waals surface area contributed by atoms with Crippen LogP contribution in [0.5, 0.6) is 0 Å². The van der Waals surface area contributed by atoms with Crippen molar-refractivity contribution >= 4 is 35.0 Å². The Morgan fingerprint density at radius 1 is 1.35 bits per heavy atom. The minimum absolute atomic E-state index is 0.0148. The highest BCUT2D eigenvalue weighted by Gasteiger charge is 2.31. The van der Waals surface area contributed by atoms with Gasteiger partial charge in [-0.2, -0.15) is 13.2 Å². The number of hydrogen-bond donors (Lipinski definition) is 1. The van der Waals surface area contributed by atoms with Gasteiger partial charge >= 0.3 is 6.18 Å². The molecule has 0 spiro atoms. The molecule has 0 radical (unpaired) electrons. The minimum atomic E-state index is -4.51. The van der Waals surface area contributed by atoms with E-state index in [9.17, 15) is 18.0 Å². The van der Waals surface area contributed by atoms with E-state index in [1.54, 1.807) is 6.33 Å². The summed E-state index contributed by atoms with van der Waals surface area (Å²) in [5.74, 6) is -0.488. The number of unbranched alkanes of at least 4 members (excludes halogenated alkanes) is 2. The van der Waals surface area contributed by atoms with Crippen LogP contribution in [0.2, 0.25) is 5.02 Å². The van der Waals surface area contributed by atoms with Crippen molar-refractivity contribution < 1.29 is 18.0 Å². The zero-order valence-electron chi connectivity index (χ0n) is 14.0. The van der Waals surface area contributed by atoms with Gasteiger partial charge in [-0.25, -0.2) is 0 Å². The maximum atomic E-state index is 12.8. The van der Waals surface area contributed by atoms with Crippen molar-refractivity contribution in [2.45, 2.75) is 44.1 Å². The van der Waals surface area contributed by atoms with Crippen molar-refractivity contribution in [3.05, 3.63) is 35.1 Å². The number of amides is 1. The van der Waals surface area contributed by atoms with Crippen LogP contribution in [-0.4, -0.2) is 26.4 Å². The van der Waals surface area contributed by atoms with Gasteiger partial charge in [-0.1, -0.05) is 43.1 Å². The van der Waals surface area contributed by atoms with Crippen LogP contribution in [-0.2, 0) is 17.5 Å². The number of nitrogens with zero attached hydrogens (tertiary/aromatic N) is 3. The zero-order chi connectivity index (χ0) is 19.2. The fourth-order valence-corrected chi connectivity index (χ4v) is 3.06. The lowest BCUT2D eigenvalue weighted by Crippen LogP contribution is -2.16. The van der Waals surface area contributed by atoms with Gasteiger partial charge in [-0.3, -0.25) is 4.79 Å². The summed E-state index contributed by atoms with van der Waals surface area (Å²) >= 11 is 7.04. The third kappa shape index (κ3) is 5.91. The highest BCUT2D eigenvalue weighted by Crippen LogP contribution is 2.33. The molecule has 0 aliphatic heterocycles. The van der Waals surface area contributed by atoms with Gasteiger partial charge in [0.2, 0.25) is 5.91 Å². The van der Waals surface area contributed by atoms with Gasteiger partial charge in [0.05, 0.1) is 22.0 Å². The maximum Gasteiger partial charge on any atom is 0.416 e. The van der Waals surface area contributed by atoms with Gasteiger partial charge in [0, 0.05) is 6.54 Å². The first-order chi connectivity index (χ1) is 12.3. The molecular weight excluding hydrogens is 389 g/mol. The first-order valence-corrected chi connectivity index (χ1v) is 9.34. The standard InChI is InChI=1S/C16H18ClF3N4OS/c1-2-3-4-7-24-10-21-23-15(24)26-9-14(25)22-13-8-11(16(18,19)20)5-6-12(13)17/h5-6,8,10H,2-4,7,9H2,1H3,(H,22,25). The van der Waals surface area contributed by atoms with E-state index >= 15 is 0 Å². The zero-order valence-corrected chi connectivity index (χ0v) is 15.6. The number of carbonyl (C=O) groups excluding carboxylic acids is 1. The average Bonchev–Trinajstić information content (AvgIpc) is 3.01. The predicted molar refractivity (Wildman–Crippen MR) is 95.4 cm³/mol. The summed E-state index contributed by atoms with van der Waals surface area (Å²) in [5.41, 5.74) is -0.947. The first-order valence-electron chi connectivity index (χ1n) is 7.98. The molecule has 0 aliphatic rings. The molecule has 1 aromatic heterocycles. The number of rotatable bonds is 8. The second kappa shape index (κ2) is 9.27. The lowest BCUT2D eigenvalue weighted by molar-refractivity contribution is -0.137. The van der Waals surface area contributed by atoms with E-state index in [-0.39, 0.29) is 16.5 Å². The van der Waals surface area contributed by atoms with Crippen LogP contribution in [0.25, 0.3) is 0 Å². The SMILES string of the molecule is CCCCCn1cnnc1SCC(=O)Nc1cc(C(F)(F)F)ccc1Cl. The summed E-state index contributed by atoms with van der Waals surface area (Å²) in [6, 6.07) is 2.79. The number of thioether (sulfide) groups is 1. The van der Waals surface area contributed by atoms with E-state index in [2.05, 4.69) is 22.4 Å². The molecule has 1 aromatic carbocycles. The molecule has 142 valence electrons. The number of alkyl halides is 3. The quantitative estimate of drug-likeness (QED) is 0.501. The number of hydrogen-bond acceptors (Lipinski definition) is 4. The Balaban J connectivity index is 1.95. The smallest absolute Gasteiger partial charge is 0.324 e. The van der Waals surface area contributed by atoms with Crippen molar-refractivity contribution in [2.24, 2.45) is 0 Å². The Kier molecular flexibility index (Phi) is 7.33. The number of benzene rings is 1. The van der Waals surface area contributed by atoms with Gasteiger partial charge in [0.15, 0.2) is 5.16 Å². The molecule has 0 saturated heterocycles. The van der Waals surface area contributed by atoms with Crippen LogP contribution >= 0.6 is 23.4 Å². The van der Waals surface area contributed by atoms with Crippen molar-refractivity contribution in [3.8, 4) is 0 Å². The van der Waals surface area contributed by atoms with Crippen molar-refractivity contribution in [2.75, 3.05) is 11.1 Å². The summed E-state index contributed by atoms with van der Waals surface area (Å²) < 4.78 is 40.1. The molecule has 0 fully saturated rings. The lowest BCUT2D eigenvalue weighted by atomic mass is 10.2. The van der Waals surface area contributed by atoms with Crippen LogP contribution < -0.4 is 5.32 Å². The summed E-state index contributed by atoms with van der Waals surface area (Å²) in [5, 5.41) is 10.8. The highest BCUT2D eigenvalue weighted by molar-refractivity contribution is 7.99. The third-order valence-corrected chi connectivity index (χ3v) is 4.79. The Morgan fingerprint density at radius 2 is 2.12 bits per heavy atom. The molecule has 1 heterocycles. The van der Waals surface area contributed by atoms with Gasteiger partial charge < -0.3 is 9.88 Å². The molecule has 10 heteroatoms. The number of aryl methyl sites for hydroxylation is 1. The Labute approximate surface area is 158 Å². The molecular formula is C16H18ClF3N4OS. The maximum absolute atomic E-state index is 12.8. The normalized spacial score (nSPS) is 11.6. The van der Waals surface area contributed by atoms with E-state index in [0.717, 1.165) is 44.0 Å². The van der Waals surface area contributed by atoms with E-state index in [1.807, 2.05) is 4.57 Å². The second-order valence-corrected chi connectivity index (χ2v) is 6.89.